The van der Waals surface area contributed by atoms with Crippen LogP contribution in [0.4, 0.5) is 0 Å². The minimum Gasteiger partial charge on any atom is -0.490 e. The summed E-state index contributed by atoms with van der Waals surface area (Å²) in [6.07, 6.45) is 4.71. The quantitative estimate of drug-likeness (QED) is 0.452. The summed E-state index contributed by atoms with van der Waals surface area (Å²) in [5, 5.41) is 0. The Morgan fingerprint density at radius 1 is 0.960 bits per heavy atom. The van der Waals surface area contributed by atoms with Crippen molar-refractivity contribution in [3.05, 3.63) is 54.1 Å². The van der Waals surface area contributed by atoms with Crippen molar-refractivity contribution in [3.63, 3.8) is 0 Å². The summed E-state index contributed by atoms with van der Waals surface area (Å²) in [6.45, 7) is 5.80. The summed E-state index contributed by atoms with van der Waals surface area (Å²) in [7, 11) is 0. The first kappa shape index (κ1) is 19.0. The first-order valence-corrected chi connectivity index (χ1v) is 9.08. The van der Waals surface area contributed by atoms with E-state index in [2.05, 4.69) is 43.3 Å². The fraction of sp³-hybridized carbons (Fsp3) is 0.409. The Bertz CT molecular complexity index is 644. The number of carbonyl (C=O) groups is 1. The standard InChI is InChI=1S/C22H28O3/c1-4-5-6-7-19-8-10-20(11-9-19)21-12-14-22(15-13-21)24-16-17(2)25-18(3)23/h8-15,17H,4-7,16H2,1-3H3. The molecule has 0 aliphatic heterocycles. The Kier molecular flexibility index (Phi) is 7.52. The van der Waals surface area contributed by atoms with E-state index in [0.29, 0.717) is 6.61 Å². The van der Waals surface area contributed by atoms with Gasteiger partial charge in [0.1, 0.15) is 18.5 Å². The highest BCUT2D eigenvalue weighted by molar-refractivity contribution is 5.66. The molecule has 0 N–H and O–H groups in total. The molecule has 3 heteroatoms. The summed E-state index contributed by atoms with van der Waals surface area (Å²) in [5.41, 5.74) is 3.77. The van der Waals surface area contributed by atoms with Crippen molar-refractivity contribution in [2.75, 3.05) is 6.61 Å². The van der Waals surface area contributed by atoms with Crippen LogP contribution in [0.3, 0.4) is 0 Å². The van der Waals surface area contributed by atoms with Gasteiger partial charge in [-0.2, -0.15) is 0 Å². The smallest absolute Gasteiger partial charge is 0.303 e. The van der Waals surface area contributed by atoms with Gasteiger partial charge in [0.25, 0.3) is 0 Å². The first-order valence-electron chi connectivity index (χ1n) is 9.08. The molecule has 0 aliphatic carbocycles. The monoisotopic (exact) mass is 340 g/mol. The summed E-state index contributed by atoms with van der Waals surface area (Å²) in [5.74, 6) is 0.489. The fourth-order valence-electron chi connectivity index (χ4n) is 2.72. The van der Waals surface area contributed by atoms with Crippen molar-refractivity contribution in [1.82, 2.24) is 0 Å². The molecule has 0 saturated carbocycles. The van der Waals surface area contributed by atoms with Crippen LogP contribution in [0.1, 0.15) is 45.6 Å². The average molecular weight is 340 g/mol. The summed E-state index contributed by atoms with van der Waals surface area (Å²) >= 11 is 0. The van der Waals surface area contributed by atoms with Crippen LogP contribution in [0, 0.1) is 0 Å². The zero-order valence-electron chi connectivity index (χ0n) is 15.5. The zero-order chi connectivity index (χ0) is 18.1. The lowest BCUT2D eigenvalue weighted by Gasteiger charge is -2.13. The normalized spacial score (nSPS) is 11.8. The molecule has 1 atom stereocenters. The van der Waals surface area contributed by atoms with Crippen molar-refractivity contribution in [2.45, 2.75) is 52.6 Å². The SMILES string of the molecule is CCCCCc1ccc(-c2ccc(OCC(C)OC(C)=O)cc2)cc1. The first-order chi connectivity index (χ1) is 12.1. The molecule has 134 valence electrons. The summed E-state index contributed by atoms with van der Waals surface area (Å²) in [4.78, 5) is 10.9. The molecule has 2 rings (SSSR count). The number of aryl methyl sites for hydroxylation is 1. The number of carbonyl (C=O) groups excluding carboxylic acids is 1. The highest BCUT2D eigenvalue weighted by Crippen LogP contribution is 2.23. The molecule has 0 fully saturated rings. The Labute approximate surface area is 151 Å². The van der Waals surface area contributed by atoms with E-state index in [1.54, 1.807) is 0 Å². The van der Waals surface area contributed by atoms with Gasteiger partial charge in [0, 0.05) is 6.92 Å². The average Bonchev–Trinajstić information content (AvgIpc) is 2.61. The molecule has 0 heterocycles. The lowest BCUT2D eigenvalue weighted by atomic mass is 10.0. The maximum atomic E-state index is 10.9. The third kappa shape index (κ3) is 6.61. The second-order valence-corrected chi connectivity index (χ2v) is 6.41. The van der Waals surface area contributed by atoms with Crippen molar-refractivity contribution < 1.29 is 14.3 Å². The molecule has 3 nitrogen and oxygen atoms in total. The predicted molar refractivity (Wildman–Crippen MR) is 102 cm³/mol. The molecule has 0 bridgehead atoms. The van der Waals surface area contributed by atoms with Crippen LogP contribution in [-0.2, 0) is 16.0 Å². The molecule has 25 heavy (non-hydrogen) atoms. The third-order valence-corrected chi connectivity index (χ3v) is 4.06. The molecule has 0 amide bonds. The molecule has 0 aliphatic rings. The van der Waals surface area contributed by atoms with E-state index < -0.39 is 0 Å². The highest BCUT2D eigenvalue weighted by Gasteiger charge is 2.06. The van der Waals surface area contributed by atoms with E-state index in [1.807, 2.05) is 19.1 Å². The summed E-state index contributed by atoms with van der Waals surface area (Å²) < 4.78 is 10.7. The predicted octanol–water partition coefficient (Wildman–Crippen LogP) is 5.42. The topological polar surface area (TPSA) is 35.5 Å². The molecule has 0 spiro atoms. The van der Waals surface area contributed by atoms with Crippen LogP contribution < -0.4 is 4.74 Å². The molecule has 0 aromatic heterocycles. The van der Waals surface area contributed by atoms with Gasteiger partial charge in [0.2, 0.25) is 0 Å². The van der Waals surface area contributed by atoms with Crippen LogP contribution in [0.5, 0.6) is 5.75 Å². The van der Waals surface area contributed by atoms with Gasteiger partial charge >= 0.3 is 5.97 Å². The maximum absolute atomic E-state index is 10.9. The largest absolute Gasteiger partial charge is 0.490 e. The Morgan fingerprint density at radius 3 is 2.12 bits per heavy atom. The molecular weight excluding hydrogens is 312 g/mol. The second kappa shape index (κ2) is 9.87. The van der Waals surface area contributed by atoms with Gasteiger partial charge in [-0.05, 0) is 48.6 Å². The van der Waals surface area contributed by atoms with Gasteiger partial charge in [0.05, 0.1) is 0 Å². The molecule has 0 radical (unpaired) electrons. The Morgan fingerprint density at radius 2 is 1.56 bits per heavy atom. The van der Waals surface area contributed by atoms with E-state index in [0.717, 1.165) is 12.2 Å². The lowest BCUT2D eigenvalue weighted by Crippen LogP contribution is -2.20. The Balaban J connectivity index is 1.89. The number of hydrogen-bond acceptors (Lipinski definition) is 3. The van der Waals surface area contributed by atoms with E-state index in [4.69, 9.17) is 9.47 Å². The van der Waals surface area contributed by atoms with Gasteiger partial charge in [-0.15, -0.1) is 0 Å². The van der Waals surface area contributed by atoms with Crippen LogP contribution in [-0.4, -0.2) is 18.7 Å². The van der Waals surface area contributed by atoms with E-state index >= 15 is 0 Å². The van der Waals surface area contributed by atoms with Gasteiger partial charge in [0.15, 0.2) is 0 Å². The minimum atomic E-state index is -0.287. The minimum absolute atomic E-state index is 0.252. The molecule has 2 aromatic rings. The van der Waals surface area contributed by atoms with Gasteiger partial charge in [-0.25, -0.2) is 0 Å². The second-order valence-electron chi connectivity index (χ2n) is 6.41. The van der Waals surface area contributed by atoms with Gasteiger partial charge < -0.3 is 9.47 Å². The number of unbranched alkanes of at least 4 members (excludes halogenated alkanes) is 2. The molecule has 0 saturated heterocycles. The van der Waals surface area contributed by atoms with Crippen molar-refractivity contribution >= 4 is 5.97 Å². The van der Waals surface area contributed by atoms with E-state index in [9.17, 15) is 4.79 Å². The zero-order valence-corrected chi connectivity index (χ0v) is 15.5. The van der Waals surface area contributed by atoms with Crippen molar-refractivity contribution in [1.29, 1.82) is 0 Å². The van der Waals surface area contributed by atoms with Crippen LogP contribution in [0.2, 0.25) is 0 Å². The van der Waals surface area contributed by atoms with Gasteiger partial charge in [-0.3, -0.25) is 4.79 Å². The highest BCUT2D eigenvalue weighted by atomic mass is 16.6. The third-order valence-electron chi connectivity index (χ3n) is 4.06. The fourth-order valence-corrected chi connectivity index (χ4v) is 2.72. The van der Waals surface area contributed by atoms with Crippen molar-refractivity contribution in [2.24, 2.45) is 0 Å². The van der Waals surface area contributed by atoms with Crippen LogP contribution in [0.15, 0.2) is 48.5 Å². The molecular formula is C22H28O3. The molecule has 2 aromatic carbocycles. The molecule has 1 unspecified atom stereocenters. The maximum Gasteiger partial charge on any atom is 0.303 e. The number of benzene rings is 2. The number of hydrogen-bond donors (Lipinski definition) is 0. The van der Waals surface area contributed by atoms with E-state index in [1.165, 1.54) is 42.9 Å². The van der Waals surface area contributed by atoms with E-state index in [-0.39, 0.29) is 12.1 Å². The van der Waals surface area contributed by atoms with Crippen LogP contribution in [0.25, 0.3) is 11.1 Å². The number of esters is 1. The lowest BCUT2D eigenvalue weighted by molar-refractivity contribution is -0.146. The van der Waals surface area contributed by atoms with Crippen LogP contribution >= 0.6 is 0 Å². The Hall–Kier alpha value is -2.29. The summed E-state index contributed by atoms with van der Waals surface area (Å²) in [6, 6.07) is 16.8. The number of ether oxygens (including phenoxy) is 2. The van der Waals surface area contributed by atoms with Crippen molar-refractivity contribution in [3.8, 4) is 16.9 Å². The van der Waals surface area contributed by atoms with Gasteiger partial charge in [-0.1, -0.05) is 56.2 Å². The number of rotatable bonds is 9.